The van der Waals surface area contributed by atoms with Gasteiger partial charge in [-0.2, -0.15) is 0 Å². The number of methoxy groups -OCH3 is 1. The quantitative estimate of drug-likeness (QED) is 0.459. The molecule has 0 aliphatic rings. The van der Waals surface area contributed by atoms with Crippen molar-refractivity contribution < 1.29 is 14.2 Å². The lowest BCUT2D eigenvalue weighted by atomic mass is 10.2. The summed E-state index contributed by atoms with van der Waals surface area (Å²) in [6.07, 6.45) is 5.65. The van der Waals surface area contributed by atoms with E-state index in [0.29, 0.717) is 19.8 Å². The predicted molar refractivity (Wildman–Crippen MR) is 61.8 cm³/mol. The van der Waals surface area contributed by atoms with Crippen molar-refractivity contribution in [2.24, 2.45) is 0 Å². The molecule has 0 aliphatic heterocycles. The summed E-state index contributed by atoms with van der Waals surface area (Å²) in [7, 11) is 1.68. The second-order valence-corrected chi connectivity index (χ2v) is 3.04. The molecular weight excluding hydrogens is 192 g/mol. The maximum absolute atomic E-state index is 5.37. The molecule has 0 fully saturated rings. The molecular formula is C12H22O3. The maximum Gasteiger partial charge on any atom is 0.177 e. The number of rotatable bonds is 8. The van der Waals surface area contributed by atoms with Crippen LogP contribution in [0, 0.1) is 0 Å². The fraction of sp³-hybridized carbons (Fsp3) is 0.667. The molecule has 0 aromatic heterocycles. The highest BCUT2D eigenvalue weighted by Crippen LogP contribution is 2.01. The summed E-state index contributed by atoms with van der Waals surface area (Å²) < 4.78 is 15.7. The molecule has 0 N–H and O–H groups in total. The summed E-state index contributed by atoms with van der Waals surface area (Å²) in [6.45, 7) is 7.85. The standard InChI is InChI=1S/C12H22O3/c1-5-14-12(15-6-2)8-7-11(3)9-10-13-4/h7-9,12H,5-6,10H2,1-4H3/b8-7-,11-9+. The molecule has 0 aromatic rings. The van der Waals surface area contributed by atoms with Gasteiger partial charge in [-0.1, -0.05) is 17.7 Å². The van der Waals surface area contributed by atoms with E-state index in [0.717, 1.165) is 5.57 Å². The Kier molecular flexibility index (Phi) is 9.48. The third kappa shape index (κ3) is 8.36. The van der Waals surface area contributed by atoms with Gasteiger partial charge in [0.15, 0.2) is 6.29 Å². The van der Waals surface area contributed by atoms with E-state index in [9.17, 15) is 0 Å². The Hall–Kier alpha value is -0.640. The first-order valence-corrected chi connectivity index (χ1v) is 5.31. The molecule has 0 rings (SSSR count). The van der Waals surface area contributed by atoms with Crippen LogP contribution in [-0.2, 0) is 14.2 Å². The van der Waals surface area contributed by atoms with Gasteiger partial charge in [-0.25, -0.2) is 0 Å². The van der Waals surface area contributed by atoms with E-state index in [4.69, 9.17) is 14.2 Å². The molecule has 0 saturated carbocycles. The predicted octanol–water partition coefficient (Wildman–Crippen LogP) is 2.53. The van der Waals surface area contributed by atoms with Gasteiger partial charge in [-0.15, -0.1) is 0 Å². The molecule has 0 atom stereocenters. The van der Waals surface area contributed by atoms with Crippen molar-refractivity contribution in [1.29, 1.82) is 0 Å². The summed E-state index contributed by atoms with van der Waals surface area (Å²) in [5.41, 5.74) is 1.14. The Morgan fingerprint density at radius 1 is 1.20 bits per heavy atom. The first kappa shape index (κ1) is 14.4. The number of allylic oxidation sites excluding steroid dienone is 2. The zero-order valence-electron chi connectivity index (χ0n) is 10.2. The third-order valence-corrected chi connectivity index (χ3v) is 1.75. The van der Waals surface area contributed by atoms with Crippen LogP contribution in [-0.4, -0.2) is 33.2 Å². The van der Waals surface area contributed by atoms with Crippen LogP contribution in [0.5, 0.6) is 0 Å². The molecule has 0 amide bonds. The Labute approximate surface area is 92.7 Å². The highest BCUT2D eigenvalue weighted by molar-refractivity contribution is 5.16. The maximum atomic E-state index is 5.37. The average molecular weight is 214 g/mol. The summed E-state index contributed by atoms with van der Waals surface area (Å²) >= 11 is 0. The molecule has 0 radical (unpaired) electrons. The topological polar surface area (TPSA) is 27.7 Å². The fourth-order valence-electron chi connectivity index (χ4n) is 1.00. The summed E-state index contributed by atoms with van der Waals surface area (Å²) in [4.78, 5) is 0. The summed E-state index contributed by atoms with van der Waals surface area (Å²) in [6, 6.07) is 0. The van der Waals surface area contributed by atoms with Crippen LogP contribution in [0.1, 0.15) is 20.8 Å². The molecule has 0 aromatic carbocycles. The molecule has 15 heavy (non-hydrogen) atoms. The van der Waals surface area contributed by atoms with E-state index in [-0.39, 0.29) is 6.29 Å². The van der Waals surface area contributed by atoms with E-state index in [1.54, 1.807) is 7.11 Å². The van der Waals surface area contributed by atoms with Crippen LogP contribution in [0.2, 0.25) is 0 Å². The zero-order chi connectivity index (χ0) is 11.5. The third-order valence-electron chi connectivity index (χ3n) is 1.75. The lowest BCUT2D eigenvalue weighted by Gasteiger charge is -2.12. The summed E-state index contributed by atoms with van der Waals surface area (Å²) in [5.74, 6) is 0. The van der Waals surface area contributed by atoms with Crippen molar-refractivity contribution in [3.8, 4) is 0 Å². The first-order chi connectivity index (χ1) is 7.24. The molecule has 0 bridgehead atoms. The Morgan fingerprint density at radius 3 is 2.27 bits per heavy atom. The van der Waals surface area contributed by atoms with Gasteiger partial charge in [-0.3, -0.25) is 0 Å². The van der Waals surface area contributed by atoms with Crippen LogP contribution < -0.4 is 0 Å². The largest absolute Gasteiger partial charge is 0.381 e. The van der Waals surface area contributed by atoms with Gasteiger partial charge in [0.25, 0.3) is 0 Å². The number of hydrogen-bond donors (Lipinski definition) is 0. The molecule has 0 saturated heterocycles. The SMILES string of the molecule is CCOC(/C=C\C(C)=C\COC)OCC. The van der Waals surface area contributed by atoms with E-state index in [2.05, 4.69) is 0 Å². The van der Waals surface area contributed by atoms with Gasteiger partial charge in [0.1, 0.15) is 0 Å². The number of hydrogen-bond acceptors (Lipinski definition) is 3. The van der Waals surface area contributed by atoms with Gasteiger partial charge in [0.2, 0.25) is 0 Å². The molecule has 0 aliphatic carbocycles. The van der Waals surface area contributed by atoms with Crippen LogP contribution >= 0.6 is 0 Å². The lowest BCUT2D eigenvalue weighted by molar-refractivity contribution is -0.103. The average Bonchev–Trinajstić information content (AvgIpc) is 2.23. The Bertz CT molecular complexity index is 191. The first-order valence-electron chi connectivity index (χ1n) is 5.31. The normalized spacial score (nSPS) is 13.0. The monoisotopic (exact) mass is 214 g/mol. The van der Waals surface area contributed by atoms with Gasteiger partial charge < -0.3 is 14.2 Å². The van der Waals surface area contributed by atoms with Crippen molar-refractivity contribution in [2.75, 3.05) is 26.9 Å². The van der Waals surface area contributed by atoms with Crippen molar-refractivity contribution in [1.82, 2.24) is 0 Å². The van der Waals surface area contributed by atoms with Crippen LogP contribution in [0.15, 0.2) is 23.8 Å². The minimum atomic E-state index is -0.245. The minimum Gasteiger partial charge on any atom is -0.381 e. The Balaban J connectivity index is 4.06. The summed E-state index contributed by atoms with van der Waals surface area (Å²) in [5, 5.41) is 0. The van der Waals surface area contributed by atoms with Gasteiger partial charge in [0.05, 0.1) is 6.61 Å². The Morgan fingerprint density at radius 2 is 1.80 bits per heavy atom. The van der Waals surface area contributed by atoms with Crippen molar-refractivity contribution in [3.63, 3.8) is 0 Å². The number of ether oxygens (including phenoxy) is 3. The lowest BCUT2D eigenvalue weighted by Crippen LogP contribution is -2.14. The van der Waals surface area contributed by atoms with E-state index in [1.807, 2.05) is 39.0 Å². The zero-order valence-corrected chi connectivity index (χ0v) is 10.2. The van der Waals surface area contributed by atoms with Gasteiger partial charge in [-0.05, 0) is 26.8 Å². The van der Waals surface area contributed by atoms with Crippen molar-refractivity contribution in [2.45, 2.75) is 27.1 Å². The molecule has 88 valence electrons. The smallest absolute Gasteiger partial charge is 0.177 e. The minimum absolute atomic E-state index is 0.245. The van der Waals surface area contributed by atoms with Crippen molar-refractivity contribution in [3.05, 3.63) is 23.8 Å². The van der Waals surface area contributed by atoms with Crippen molar-refractivity contribution >= 4 is 0 Å². The molecule has 3 nitrogen and oxygen atoms in total. The van der Waals surface area contributed by atoms with Crippen LogP contribution in [0.3, 0.4) is 0 Å². The van der Waals surface area contributed by atoms with Gasteiger partial charge >= 0.3 is 0 Å². The highest BCUT2D eigenvalue weighted by Gasteiger charge is 2.01. The molecule has 3 heteroatoms. The van der Waals surface area contributed by atoms with E-state index < -0.39 is 0 Å². The fourth-order valence-corrected chi connectivity index (χ4v) is 1.00. The molecule has 0 heterocycles. The second kappa shape index (κ2) is 9.90. The van der Waals surface area contributed by atoms with Crippen LogP contribution in [0.25, 0.3) is 0 Å². The van der Waals surface area contributed by atoms with E-state index in [1.165, 1.54) is 0 Å². The highest BCUT2D eigenvalue weighted by atomic mass is 16.7. The van der Waals surface area contributed by atoms with Gasteiger partial charge in [0, 0.05) is 20.3 Å². The van der Waals surface area contributed by atoms with Crippen LogP contribution in [0.4, 0.5) is 0 Å². The molecule has 0 spiro atoms. The second-order valence-electron chi connectivity index (χ2n) is 3.04. The molecule has 0 unspecified atom stereocenters. The van der Waals surface area contributed by atoms with E-state index >= 15 is 0 Å².